The smallest absolute Gasteiger partial charge is 0.150 e. The first kappa shape index (κ1) is 103. The van der Waals surface area contributed by atoms with E-state index in [9.17, 15) is 0 Å². The first-order valence-corrected chi connectivity index (χ1v) is 79.2. The van der Waals surface area contributed by atoms with Crippen molar-refractivity contribution in [2.75, 3.05) is 19.6 Å². The van der Waals surface area contributed by atoms with Crippen LogP contribution in [0.4, 0.5) is 103 Å². The summed E-state index contributed by atoms with van der Waals surface area (Å²) in [5.74, 6) is -5.24. The maximum Gasteiger partial charge on any atom is 0.150 e. The Morgan fingerprint density at radius 3 is 0.527 bits per heavy atom. The molecule has 20 aromatic rings. The van der Waals surface area contributed by atoms with Crippen LogP contribution in [0.5, 0.6) is 0 Å². The summed E-state index contributed by atoms with van der Waals surface area (Å²) in [6.45, 7) is 54.8. The van der Waals surface area contributed by atoms with E-state index in [1.807, 2.05) is 117 Å². The van der Waals surface area contributed by atoms with Gasteiger partial charge in [0.15, 0.2) is 0 Å². The van der Waals surface area contributed by atoms with Gasteiger partial charge in [0.05, 0.1) is 110 Å². The van der Waals surface area contributed by atoms with Gasteiger partial charge in [-0.05, 0) is 162 Å². The van der Waals surface area contributed by atoms with Crippen LogP contribution in [0.1, 0.15) is 0 Å². The van der Waals surface area contributed by atoms with Crippen molar-refractivity contribution in [3.8, 4) is 44.5 Å². The molecule has 0 bridgehead atoms. The van der Waals surface area contributed by atoms with Crippen LogP contribution in [0.25, 0.3) is 109 Å². The van der Waals surface area contributed by atoms with Crippen molar-refractivity contribution < 1.29 is 35.1 Å². The summed E-state index contributed by atoms with van der Waals surface area (Å²) in [6.07, 6.45) is 0. The van der Waals surface area contributed by atoms with E-state index in [1.165, 1.54) is 41.5 Å². The molecule has 20 rings (SSSR count). The summed E-state index contributed by atoms with van der Waals surface area (Å²) in [5.41, 5.74) is 10.7. The fraction of sp³-hybridized carbons (Fsp3) is 0.188. The Morgan fingerprint density at radius 1 is 0.149 bits per heavy atom. The number of nitrogens with zero attached hydrogens (tertiary/aromatic N) is 4. The van der Waals surface area contributed by atoms with Gasteiger partial charge in [-0.15, -0.1) is 0 Å². The molecule has 0 unspecified atom stereocenters. The molecule has 20 heteroatoms. The van der Waals surface area contributed by atoms with Crippen LogP contribution in [0.3, 0.4) is 0 Å². The molecule has 0 heterocycles. The molecule has 0 amide bonds. The number of hydrogen-bond donors (Lipinski definition) is 0. The van der Waals surface area contributed by atoms with Gasteiger partial charge in [0.2, 0.25) is 0 Å². The first-order valence-electron chi connectivity index (χ1n) is 51.2. The van der Waals surface area contributed by atoms with Gasteiger partial charge in [0.25, 0.3) is 0 Å². The van der Waals surface area contributed by atoms with Gasteiger partial charge in [-0.25, -0.2) is 35.1 Å². The minimum Gasteiger partial charge on any atom is -0.307 e. The lowest BCUT2D eigenvalue weighted by molar-refractivity contribution is 0.586. The largest absolute Gasteiger partial charge is 0.307 e. The topological polar surface area (TPSA) is 13.0 Å². The molecule has 0 N–H and O–H groups in total. The van der Waals surface area contributed by atoms with Crippen molar-refractivity contribution in [2.24, 2.45) is 0 Å². The summed E-state index contributed by atoms with van der Waals surface area (Å²) < 4.78 is 133. The highest BCUT2D eigenvalue weighted by Gasteiger charge is 2.35. The standard InChI is InChI=1S/2C64H64F4N2Si4/c1-71(2,3)47-25-13-41(14-26-47)53-37-61(57(67)39-55(53)65)69(45-21-29-49(30-22-45)73(7,8)9)59-35-19-43-18-34-52-60(36-20-44-17-33-51(59)63(43)64(44)52)70(46-23-31-50(32-24-46)74(10,11)12)62-38-54(56(66)40-58(62)68)42-15-27-48(28-16-42)72(4,5)6;1-71(2,3)47-27-23-45(24-28-47)69(61-37-53(55(65)39-57(61)67)43-15-13-17-49(35-43)73(7,8)9)59-33-21-41-20-32-52-60(34-22-42-19-31-51(59)63(41)64(42)52)70(46-25-29-48(30-26-46)72(4,5)6)62-38-54(56(66)40-58(62)68)44-16-14-18-50(36-44)74(10,11)12/h2*13-40H,1-12H3. The normalized spacial score (nSPS) is 12.6. The number of anilines is 12. The molecule has 0 aromatic heterocycles. The number of benzene rings is 20. The van der Waals surface area contributed by atoms with Gasteiger partial charge in [-0.3, -0.25) is 0 Å². The molecule has 0 atom stereocenters. The highest BCUT2D eigenvalue weighted by Crippen LogP contribution is 2.54. The van der Waals surface area contributed by atoms with Crippen LogP contribution in [0.15, 0.2) is 340 Å². The molecule has 0 radical (unpaired) electrons. The number of halogens is 8. The van der Waals surface area contributed by atoms with Crippen molar-refractivity contribution in [1.29, 1.82) is 0 Å². The molecule has 148 heavy (non-hydrogen) atoms. The van der Waals surface area contributed by atoms with Crippen molar-refractivity contribution in [3.05, 3.63) is 386 Å². The van der Waals surface area contributed by atoms with E-state index in [0.717, 1.165) is 134 Å². The maximum absolute atomic E-state index is 17.0. The molecule has 4 nitrogen and oxygen atoms in total. The molecule has 0 saturated carbocycles. The van der Waals surface area contributed by atoms with Gasteiger partial charge in [-0.2, -0.15) is 0 Å². The lowest BCUT2D eigenvalue weighted by Crippen LogP contribution is -2.37. The Labute approximate surface area is 874 Å². The molecule has 20 aromatic carbocycles. The Kier molecular flexibility index (Phi) is 27.1. The average Bonchev–Trinajstić information content (AvgIpc) is 0.717. The predicted octanol–water partition coefficient (Wildman–Crippen LogP) is 35.2. The third-order valence-corrected chi connectivity index (χ3v) is 46.0. The highest BCUT2D eigenvalue weighted by molar-refractivity contribution is 6.92. The Bertz CT molecular complexity index is 8010. The minimum atomic E-state index is -1.78. The van der Waals surface area contributed by atoms with Gasteiger partial charge in [-0.1, -0.05) is 417 Å². The molecule has 0 aliphatic carbocycles. The van der Waals surface area contributed by atoms with E-state index in [4.69, 9.17) is 0 Å². The summed E-state index contributed by atoms with van der Waals surface area (Å²) in [4.78, 5) is 7.71. The second kappa shape index (κ2) is 38.8. The fourth-order valence-electron chi connectivity index (χ4n) is 20.7. The lowest BCUT2D eigenvalue weighted by Gasteiger charge is -2.30. The van der Waals surface area contributed by atoms with Crippen LogP contribution >= 0.6 is 0 Å². The first-order chi connectivity index (χ1) is 69.7. The molecule has 0 aliphatic rings. The Hall–Kier alpha value is -13.1. The highest BCUT2D eigenvalue weighted by atomic mass is 28.3. The number of hydrogen-bond acceptors (Lipinski definition) is 4. The van der Waals surface area contributed by atoms with Crippen molar-refractivity contribution >= 4 is 239 Å². The van der Waals surface area contributed by atoms with E-state index in [2.05, 4.69) is 351 Å². The summed E-state index contributed by atoms with van der Waals surface area (Å²) in [5, 5.41) is 21.0. The van der Waals surface area contributed by atoms with Gasteiger partial charge < -0.3 is 19.6 Å². The van der Waals surface area contributed by atoms with E-state index in [1.54, 1.807) is 24.3 Å². The third-order valence-electron chi connectivity index (χ3n) is 29.5. The molecule has 0 fully saturated rings. The second-order valence-corrected chi connectivity index (χ2v) is 88.8. The summed E-state index contributed by atoms with van der Waals surface area (Å²) >= 11 is 0. The van der Waals surface area contributed by atoms with E-state index >= 15 is 35.1 Å². The zero-order chi connectivity index (χ0) is 106. The Balaban J connectivity index is 0.000000186. The van der Waals surface area contributed by atoms with Crippen LogP contribution < -0.4 is 61.1 Å². The van der Waals surface area contributed by atoms with Gasteiger partial charge >= 0.3 is 0 Å². The van der Waals surface area contributed by atoms with Crippen molar-refractivity contribution in [1.82, 2.24) is 0 Å². The zero-order valence-corrected chi connectivity index (χ0v) is 97.1. The van der Waals surface area contributed by atoms with Crippen molar-refractivity contribution in [2.45, 2.75) is 157 Å². The summed E-state index contributed by atoms with van der Waals surface area (Å²) in [7, 11) is -13.7. The van der Waals surface area contributed by atoms with Crippen LogP contribution in [0, 0.1) is 46.5 Å². The van der Waals surface area contributed by atoms with Crippen molar-refractivity contribution in [3.63, 3.8) is 0 Å². The molecular weight excluding hydrogens is 1970 g/mol. The monoisotopic (exact) mass is 2100 g/mol. The Morgan fingerprint density at radius 2 is 0.331 bits per heavy atom. The van der Waals surface area contributed by atoms with Gasteiger partial charge in [0.1, 0.15) is 46.5 Å². The third kappa shape index (κ3) is 20.1. The van der Waals surface area contributed by atoms with Crippen LogP contribution in [0.2, 0.25) is 157 Å². The van der Waals surface area contributed by atoms with Crippen LogP contribution in [-0.2, 0) is 0 Å². The molecule has 0 aliphatic heterocycles. The number of rotatable bonds is 24. The van der Waals surface area contributed by atoms with E-state index in [0.29, 0.717) is 44.5 Å². The lowest BCUT2D eigenvalue weighted by atomic mass is 9.91. The quantitative estimate of drug-likeness (QED) is 0.0340. The van der Waals surface area contributed by atoms with E-state index < -0.39 is 111 Å². The molecule has 748 valence electrons. The second-order valence-electron chi connectivity index (χ2n) is 48.2. The minimum absolute atomic E-state index is 0.220. The van der Waals surface area contributed by atoms with E-state index in [-0.39, 0.29) is 22.7 Å². The molecule has 0 spiro atoms. The molecular formula is C128H128F8N4Si8. The maximum atomic E-state index is 17.0. The molecule has 0 saturated heterocycles. The zero-order valence-electron chi connectivity index (χ0n) is 89.1. The average molecular weight is 2100 g/mol. The predicted molar refractivity (Wildman–Crippen MR) is 644 cm³/mol. The summed E-state index contributed by atoms with van der Waals surface area (Å²) in [6, 6.07) is 109. The van der Waals surface area contributed by atoms with Gasteiger partial charge in [0, 0.05) is 90.8 Å². The fourth-order valence-corrected chi connectivity index (χ4v) is 30.1. The SMILES string of the molecule is C[Si](C)(C)c1ccc(-c2cc(N(c3ccc([Si](C)(C)C)cc3)c3ccc4ccc5c(N(c6ccc([Si](C)(C)C)cc6)c6cc(-c7ccc([Si](C)(C)C)cc7)c(F)cc6F)ccc6ccc3c4c65)c(F)cc2F)cc1.C[Si](C)(C)c1ccc(N(c2cc(-c3cccc([Si](C)(C)C)c3)c(F)cc2F)c2ccc3ccc4c(N(c5ccc([Si](C)(C)C)cc5)c5cc(-c6cccc([Si](C)(C)C)c6)c(F)cc5F)ccc5ccc2c3c54)cc1. The van der Waals surface area contributed by atoms with Crippen LogP contribution in [-0.4, -0.2) is 64.6 Å².